The SMILES string of the molecule is CC(C)Nc1ccc(CN2CCC3(CC2)C(=NC2CCCCC2)NC(=O)N3c2cccc(F)c2)cn1. The van der Waals surface area contributed by atoms with E-state index in [4.69, 9.17) is 4.99 Å². The van der Waals surface area contributed by atoms with Crippen LogP contribution in [0.2, 0.25) is 0 Å². The van der Waals surface area contributed by atoms with Crippen molar-refractivity contribution in [1.82, 2.24) is 15.2 Å². The molecular weight excluding hydrogens is 455 g/mol. The maximum Gasteiger partial charge on any atom is 0.328 e. The number of aliphatic imine (C=N–C) groups is 1. The number of rotatable bonds is 6. The summed E-state index contributed by atoms with van der Waals surface area (Å²) in [5.74, 6) is 1.32. The van der Waals surface area contributed by atoms with E-state index in [1.54, 1.807) is 11.0 Å². The molecule has 3 fully saturated rings. The number of hydrogen-bond acceptors (Lipinski definition) is 5. The molecule has 1 spiro atoms. The van der Waals surface area contributed by atoms with E-state index in [-0.39, 0.29) is 17.9 Å². The van der Waals surface area contributed by atoms with E-state index in [9.17, 15) is 9.18 Å². The van der Waals surface area contributed by atoms with E-state index in [2.05, 4.69) is 40.4 Å². The maximum atomic E-state index is 14.2. The summed E-state index contributed by atoms with van der Waals surface area (Å²) < 4.78 is 14.2. The minimum absolute atomic E-state index is 0.207. The lowest BCUT2D eigenvalue weighted by Crippen LogP contribution is -2.57. The summed E-state index contributed by atoms with van der Waals surface area (Å²) in [5.41, 5.74) is 1.19. The quantitative estimate of drug-likeness (QED) is 0.571. The number of likely N-dealkylation sites (tertiary alicyclic amines) is 1. The van der Waals surface area contributed by atoms with Crippen LogP contribution in [0, 0.1) is 5.82 Å². The Balaban J connectivity index is 1.36. The standard InChI is InChI=1S/C28H37FN6O/c1-20(2)31-25-12-11-21(18-30-25)19-34-15-13-28(14-16-34)26(32-23-8-4-3-5-9-23)33-27(36)35(28)24-10-6-7-22(29)17-24/h6-7,10-12,17-18,20,23H,3-5,8-9,13-16,19H2,1-2H3,(H,30,31)(H,32,33,36). The summed E-state index contributed by atoms with van der Waals surface area (Å²) in [6.07, 6.45) is 9.18. The van der Waals surface area contributed by atoms with Crippen LogP contribution in [-0.2, 0) is 6.54 Å². The first-order chi connectivity index (χ1) is 17.4. The second-order valence-corrected chi connectivity index (χ2v) is 10.7. The zero-order chi connectivity index (χ0) is 25.1. The van der Waals surface area contributed by atoms with Gasteiger partial charge in [0.15, 0.2) is 0 Å². The Morgan fingerprint density at radius 2 is 1.94 bits per heavy atom. The Morgan fingerprint density at radius 1 is 1.17 bits per heavy atom. The third-order valence-corrected chi connectivity index (χ3v) is 7.60. The molecule has 7 nitrogen and oxygen atoms in total. The first kappa shape index (κ1) is 24.7. The normalized spacial score (nSPS) is 21.9. The lowest BCUT2D eigenvalue weighted by Gasteiger charge is -2.43. The molecule has 3 heterocycles. The van der Waals surface area contributed by atoms with Crippen LogP contribution in [0.15, 0.2) is 47.6 Å². The Kier molecular flexibility index (Phi) is 7.23. The largest absolute Gasteiger partial charge is 0.368 e. The van der Waals surface area contributed by atoms with Crippen LogP contribution in [0.5, 0.6) is 0 Å². The van der Waals surface area contributed by atoms with Crippen molar-refractivity contribution in [3.05, 3.63) is 54.0 Å². The molecule has 0 atom stereocenters. The van der Waals surface area contributed by atoms with Gasteiger partial charge < -0.3 is 5.32 Å². The number of aromatic nitrogens is 1. The van der Waals surface area contributed by atoms with Gasteiger partial charge in [0, 0.05) is 37.6 Å². The van der Waals surface area contributed by atoms with Gasteiger partial charge in [0.2, 0.25) is 0 Å². The highest BCUT2D eigenvalue weighted by atomic mass is 19.1. The van der Waals surface area contributed by atoms with Gasteiger partial charge in [-0.05, 0) is 69.4 Å². The van der Waals surface area contributed by atoms with Gasteiger partial charge in [-0.25, -0.2) is 14.2 Å². The number of nitrogens with one attached hydrogen (secondary N) is 2. The van der Waals surface area contributed by atoms with E-state index in [0.717, 1.165) is 57.0 Å². The third-order valence-electron chi connectivity index (χ3n) is 7.60. The number of urea groups is 1. The molecule has 2 N–H and O–H groups in total. The van der Waals surface area contributed by atoms with Gasteiger partial charge in [0.25, 0.3) is 0 Å². The van der Waals surface area contributed by atoms with Crippen LogP contribution in [0.3, 0.4) is 0 Å². The summed E-state index contributed by atoms with van der Waals surface area (Å²) in [7, 11) is 0. The Labute approximate surface area is 213 Å². The predicted molar refractivity (Wildman–Crippen MR) is 142 cm³/mol. The molecule has 2 amide bonds. The molecule has 8 heteroatoms. The zero-order valence-corrected chi connectivity index (χ0v) is 21.3. The average molecular weight is 493 g/mol. The summed E-state index contributed by atoms with van der Waals surface area (Å²) in [5, 5.41) is 6.42. The smallest absolute Gasteiger partial charge is 0.328 e. The number of anilines is 2. The number of nitrogens with zero attached hydrogens (tertiary/aromatic N) is 4. The molecule has 1 aromatic carbocycles. The summed E-state index contributed by atoms with van der Waals surface area (Å²) in [6, 6.07) is 10.9. The topological polar surface area (TPSA) is 72.9 Å². The van der Waals surface area contributed by atoms with Gasteiger partial charge in [0.05, 0.1) is 6.04 Å². The molecule has 36 heavy (non-hydrogen) atoms. The van der Waals surface area contributed by atoms with Crippen molar-refractivity contribution >= 4 is 23.4 Å². The van der Waals surface area contributed by atoms with Crippen LogP contribution >= 0.6 is 0 Å². The van der Waals surface area contributed by atoms with Gasteiger partial charge in [-0.3, -0.25) is 20.1 Å². The van der Waals surface area contributed by atoms with E-state index < -0.39 is 5.54 Å². The molecule has 5 rings (SSSR count). The van der Waals surface area contributed by atoms with E-state index in [1.165, 1.54) is 37.0 Å². The number of halogens is 1. The molecule has 2 saturated heterocycles. The van der Waals surface area contributed by atoms with Crippen molar-refractivity contribution in [2.24, 2.45) is 4.99 Å². The molecule has 0 bridgehead atoms. The highest BCUT2D eigenvalue weighted by Gasteiger charge is 2.53. The van der Waals surface area contributed by atoms with Crippen LogP contribution in [-0.4, -0.2) is 52.5 Å². The van der Waals surface area contributed by atoms with Crippen molar-refractivity contribution in [2.75, 3.05) is 23.3 Å². The molecule has 1 saturated carbocycles. The molecule has 0 radical (unpaired) electrons. The van der Waals surface area contributed by atoms with Crippen LogP contribution in [0.4, 0.5) is 20.7 Å². The van der Waals surface area contributed by atoms with E-state index in [0.29, 0.717) is 11.7 Å². The predicted octanol–water partition coefficient (Wildman–Crippen LogP) is 5.34. The number of piperidine rings is 1. The second kappa shape index (κ2) is 10.5. The fraction of sp³-hybridized carbons (Fsp3) is 0.536. The van der Waals surface area contributed by atoms with Crippen molar-refractivity contribution in [2.45, 2.75) is 83.0 Å². The van der Waals surface area contributed by atoms with Gasteiger partial charge in [-0.2, -0.15) is 0 Å². The third kappa shape index (κ3) is 5.24. The Hall–Kier alpha value is -3.00. The molecule has 2 aliphatic heterocycles. The Bertz CT molecular complexity index is 1090. The number of benzene rings is 1. The fourth-order valence-electron chi connectivity index (χ4n) is 5.80. The first-order valence-corrected chi connectivity index (χ1v) is 13.3. The van der Waals surface area contributed by atoms with Crippen LogP contribution < -0.4 is 15.5 Å². The molecule has 3 aliphatic rings. The molecule has 2 aromatic rings. The van der Waals surface area contributed by atoms with Gasteiger partial charge >= 0.3 is 6.03 Å². The molecule has 1 aromatic heterocycles. The van der Waals surface area contributed by atoms with Gasteiger partial charge in [-0.15, -0.1) is 0 Å². The van der Waals surface area contributed by atoms with Gasteiger partial charge in [0.1, 0.15) is 23.0 Å². The monoisotopic (exact) mass is 492 g/mol. The number of amidine groups is 1. The van der Waals surface area contributed by atoms with Crippen LogP contribution in [0.1, 0.15) is 64.4 Å². The van der Waals surface area contributed by atoms with E-state index in [1.807, 2.05) is 18.3 Å². The molecule has 0 unspecified atom stereocenters. The van der Waals surface area contributed by atoms with E-state index >= 15 is 0 Å². The molecular formula is C28H37FN6O. The molecule has 192 valence electrons. The van der Waals surface area contributed by atoms with Crippen molar-refractivity contribution in [3.63, 3.8) is 0 Å². The van der Waals surface area contributed by atoms with Crippen molar-refractivity contribution in [1.29, 1.82) is 0 Å². The number of hydrogen-bond donors (Lipinski definition) is 2. The van der Waals surface area contributed by atoms with Crippen LogP contribution in [0.25, 0.3) is 0 Å². The van der Waals surface area contributed by atoms with Crippen molar-refractivity contribution < 1.29 is 9.18 Å². The first-order valence-electron chi connectivity index (χ1n) is 13.3. The number of carbonyl (C=O) groups is 1. The average Bonchev–Trinajstić information content (AvgIpc) is 3.12. The summed E-state index contributed by atoms with van der Waals surface area (Å²) in [4.78, 5) is 27.1. The number of amides is 2. The minimum Gasteiger partial charge on any atom is -0.368 e. The Morgan fingerprint density at radius 3 is 2.61 bits per heavy atom. The summed E-state index contributed by atoms with van der Waals surface area (Å²) in [6.45, 7) is 6.63. The number of pyridine rings is 1. The van der Waals surface area contributed by atoms with Crippen molar-refractivity contribution in [3.8, 4) is 0 Å². The molecule has 1 aliphatic carbocycles. The maximum absolute atomic E-state index is 14.2. The summed E-state index contributed by atoms with van der Waals surface area (Å²) >= 11 is 0. The lowest BCUT2D eigenvalue weighted by atomic mass is 9.84. The number of carbonyl (C=O) groups excluding carboxylic acids is 1. The second-order valence-electron chi connectivity index (χ2n) is 10.7. The van der Waals surface area contributed by atoms with Gasteiger partial charge in [-0.1, -0.05) is 31.4 Å². The lowest BCUT2D eigenvalue weighted by molar-refractivity contribution is 0.184. The zero-order valence-electron chi connectivity index (χ0n) is 21.3. The highest BCUT2D eigenvalue weighted by Crippen LogP contribution is 2.39. The minimum atomic E-state index is -0.567. The highest BCUT2D eigenvalue weighted by molar-refractivity contribution is 6.19. The fourth-order valence-corrected chi connectivity index (χ4v) is 5.80.